The Morgan fingerprint density at radius 2 is 1.60 bits per heavy atom. The number of ether oxygens (including phenoxy) is 2. The van der Waals surface area contributed by atoms with Crippen LogP contribution in [0.1, 0.15) is 15.9 Å². The second-order valence-electron chi connectivity index (χ2n) is 6.17. The molecule has 0 amide bonds. The number of benzene rings is 2. The van der Waals surface area contributed by atoms with Gasteiger partial charge in [-0.15, -0.1) is 0 Å². The van der Waals surface area contributed by atoms with Crippen molar-refractivity contribution in [3.8, 4) is 0 Å². The number of nitrogens with zero attached hydrogens (tertiary/aromatic N) is 1. The Bertz CT molecular complexity index is 1090. The second kappa shape index (κ2) is 9.24. The SMILES string of the molecule is COC(=O)C1=C(C(=O)OC)N(c2ccc(Cl)cc2C(=O)c2ccccc2)C=CC=C1. The third-order valence-electron chi connectivity index (χ3n) is 4.39. The Balaban J connectivity index is 2.24. The maximum atomic E-state index is 13.2. The predicted molar refractivity (Wildman–Crippen MR) is 113 cm³/mol. The number of ketones is 1. The molecular formula is C23H18ClNO5. The number of methoxy groups -OCH3 is 2. The first kappa shape index (κ1) is 21.1. The van der Waals surface area contributed by atoms with E-state index < -0.39 is 11.9 Å². The highest BCUT2D eigenvalue weighted by Gasteiger charge is 2.29. The van der Waals surface area contributed by atoms with Gasteiger partial charge >= 0.3 is 11.9 Å². The van der Waals surface area contributed by atoms with E-state index in [2.05, 4.69) is 0 Å². The summed E-state index contributed by atoms with van der Waals surface area (Å²) in [7, 11) is 2.42. The summed E-state index contributed by atoms with van der Waals surface area (Å²) in [6.45, 7) is 0. The number of hydrogen-bond donors (Lipinski definition) is 0. The van der Waals surface area contributed by atoms with Crippen LogP contribution >= 0.6 is 11.6 Å². The highest BCUT2D eigenvalue weighted by Crippen LogP contribution is 2.32. The van der Waals surface area contributed by atoms with Crippen LogP contribution in [0.15, 0.2) is 84.2 Å². The molecule has 3 rings (SSSR count). The van der Waals surface area contributed by atoms with E-state index in [4.69, 9.17) is 21.1 Å². The largest absolute Gasteiger partial charge is 0.465 e. The van der Waals surface area contributed by atoms with Gasteiger partial charge in [-0.1, -0.05) is 48.0 Å². The minimum Gasteiger partial charge on any atom is -0.465 e. The van der Waals surface area contributed by atoms with E-state index in [-0.39, 0.29) is 22.6 Å². The number of esters is 2. The van der Waals surface area contributed by atoms with E-state index in [1.54, 1.807) is 60.8 Å². The summed E-state index contributed by atoms with van der Waals surface area (Å²) >= 11 is 6.17. The zero-order valence-corrected chi connectivity index (χ0v) is 17.1. The number of halogens is 1. The molecule has 2 aromatic carbocycles. The van der Waals surface area contributed by atoms with Crippen molar-refractivity contribution in [2.24, 2.45) is 0 Å². The van der Waals surface area contributed by atoms with Crippen LogP contribution in [0.4, 0.5) is 5.69 Å². The topological polar surface area (TPSA) is 72.9 Å². The van der Waals surface area contributed by atoms with Crippen molar-refractivity contribution in [3.05, 3.63) is 100 Å². The van der Waals surface area contributed by atoms with Crippen LogP contribution in [0.2, 0.25) is 5.02 Å². The first-order valence-electron chi connectivity index (χ1n) is 8.92. The van der Waals surface area contributed by atoms with Gasteiger partial charge in [-0.25, -0.2) is 9.59 Å². The fraction of sp³-hybridized carbons (Fsp3) is 0.0870. The first-order chi connectivity index (χ1) is 14.5. The molecule has 0 N–H and O–H groups in total. The number of allylic oxidation sites excluding steroid dienone is 2. The van der Waals surface area contributed by atoms with Crippen molar-refractivity contribution in [3.63, 3.8) is 0 Å². The van der Waals surface area contributed by atoms with Gasteiger partial charge in [0.1, 0.15) is 5.70 Å². The quantitative estimate of drug-likeness (QED) is 0.533. The lowest BCUT2D eigenvalue weighted by Crippen LogP contribution is -2.28. The molecule has 1 aliphatic heterocycles. The Morgan fingerprint density at radius 3 is 2.27 bits per heavy atom. The van der Waals surface area contributed by atoms with E-state index in [1.165, 1.54) is 31.3 Å². The molecule has 0 spiro atoms. The zero-order chi connectivity index (χ0) is 21.7. The molecule has 0 saturated heterocycles. The summed E-state index contributed by atoms with van der Waals surface area (Å²) in [5.41, 5.74) is 0.969. The maximum Gasteiger partial charge on any atom is 0.355 e. The normalized spacial score (nSPS) is 13.1. The first-order valence-corrected chi connectivity index (χ1v) is 9.30. The van der Waals surface area contributed by atoms with Crippen LogP contribution in [-0.4, -0.2) is 31.9 Å². The molecule has 0 radical (unpaired) electrons. The van der Waals surface area contributed by atoms with Crippen molar-refractivity contribution < 1.29 is 23.9 Å². The van der Waals surface area contributed by atoms with Crippen LogP contribution in [0, 0.1) is 0 Å². The molecule has 0 bridgehead atoms. The van der Waals surface area contributed by atoms with Gasteiger partial charge in [0.25, 0.3) is 0 Å². The Kier molecular flexibility index (Phi) is 6.49. The van der Waals surface area contributed by atoms with E-state index in [0.29, 0.717) is 16.3 Å². The monoisotopic (exact) mass is 423 g/mol. The van der Waals surface area contributed by atoms with Crippen molar-refractivity contribution in [1.29, 1.82) is 0 Å². The summed E-state index contributed by atoms with van der Waals surface area (Å²) < 4.78 is 9.73. The standard InChI is InChI=1S/C23H18ClNO5/c1-29-22(27)17-10-6-7-13-25(20(17)23(28)30-2)19-12-11-16(24)14-18(19)21(26)15-8-4-3-5-9-15/h3-14H,1-2H3. The van der Waals surface area contributed by atoms with Crippen LogP contribution in [0.5, 0.6) is 0 Å². The lowest BCUT2D eigenvalue weighted by Gasteiger charge is -2.25. The molecular weight excluding hydrogens is 406 g/mol. The third-order valence-corrected chi connectivity index (χ3v) is 4.62. The molecule has 0 aromatic heterocycles. The Labute approximate surface area is 178 Å². The van der Waals surface area contributed by atoms with Gasteiger partial charge in [0.2, 0.25) is 0 Å². The average molecular weight is 424 g/mol. The lowest BCUT2D eigenvalue weighted by molar-refractivity contribution is -0.139. The molecule has 7 heteroatoms. The molecule has 1 aliphatic rings. The van der Waals surface area contributed by atoms with Crippen molar-refractivity contribution in [2.75, 3.05) is 19.1 Å². The lowest BCUT2D eigenvalue weighted by atomic mass is 10.0. The van der Waals surface area contributed by atoms with E-state index in [1.807, 2.05) is 0 Å². The predicted octanol–water partition coefficient (Wildman–Crippen LogP) is 4.06. The van der Waals surface area contributed by atoms with Gasteiger partial charge in [-0.05, 0) is 30.4 Å². The van der Waals surface area contributed by atoms with Crippen LogP contribution in [0.3, 0.4) is 0 Å². The Hall–Kier alpha value is -3.64. The fourth-order valence-corrected chi connectivity index (χ4v) is 3.17. The van der Waals surface area contributed by atoms with Crippen LogP contribution in [0.25, 0.3) is 0 Å². The number of carbonyl (C=O) groups is 3. The Morgan fingerprint density at radius 1 is 0.900 bits per heavy atom. The summed E-state index contributed by atoms with van der Waals surface area (Å²) in [4.78, 5) is 39.6. The fourth-order valence-electron chi connectivity index (χ4n) is 3.00. The molecule has 0 saturated carbocycles. The minimum absolute atomic E-state index is 0.0117. The number of anilines is 1. The smallest absolute Gasteiger partial charge is 0.355 e. The number of hydrogen-bond acceptors (Lipinski definition) is 6. The average Bonchev–Trinajstić information content (AvgIpc) is 3.01. The minimum atomic E-state index is -0.764. The van der Waals surface area contributed by atoms with E-state index >= 15 is 0 Å². The molecule has 0 atom stereocenters. The molecule has 152 valence electrons. The number of rotatable bonds is 5. The molecule has 2 aromatic rings. The highest BCUT2D eigenvalue weighted by atomic mass is 35.5. The maximum absolute atomic E-state index is 13.2. The second-order valence-corrected chi connectivity index (χ2v) is 6.61. The summed E-state index contributed by atoms with van der Waals surface area (Å²) in [6, 6.07) is 13.4. The third kappa shape index (κ3) is 4.18. The van der Waals surface area contributed by atoms with Crippen LogP contribution in [-0.2, 0) is 19.1 Å². The van der Waals surface area contributed by atoms with Crippen LogP contribution < -0.4 is 4.90 Å². The molecule has 1 heterocycles. The summed E-state index contributed by atoms with van der Waals surface area (Å²) in [6.07, 6.45) is 6.22. The summed E-state index contributed by atoms with van der Waals surface area (Å²) in [5, 5.41) is 0.353. The van der Waals surface area contributed by atoms with Crippen molar-refractivity contribution in [2.45, 2.75) is 0 Å². The van der Waals surface area contributed by atoms with Gasteiger partial charge in [0, 0.05) is 22.3 Å². The molecule has 0 fully saturated rings. The van der Waals surface area contributed by atoms with Gasteiger partial charge in [0.15, 0.2) is 5.78 Å². The van der Waals surface area contributed by atoms with Gasteiger partial charge in [0.05, 0.1) is 25.5 Å². The van der Waals surface area contributed by atoms with E-state index in [0.717, 1.165) is 0 Å². The van der Waals surface area contributed by atoms with Crippen molar-refractivity contribution in [1.82, 2.24) is 0 Å². The van der Waals surface area contributed by atoms with Gasteiger partial charge in [-0.3, -0.25) is 4.79 Å². The number of carbonyl (C=O) groups excluding carboxylic acids is 3. The molecule has 30 heavy (non-hydrogen) atoms. The highest BCUT2D eigenvalue weighted by molar-refractivity contribution is 6.31. The van der Waals surface area contributed by atoms with Crippen molar-refractivity contribution >= 4 is 35.0 Å². The van der Waals surface area contributed by atoms with Gasteiger partial charge in [-0.2, -0.15) is 0 Å². The van der Waals surface area contributed by atoms with E-state index in [9.17, 15) is 14.4 Å². The molecule has 6 nitrogen and oxygen atoms in total. The zero-order valence-electron chi connectivity index (χ0n) is 16.3. The molecule has 0 unspecified atom stereocenters. The van der Waals surface area contributed by atoms with Gasteiger partial charge < -0.3 is 14.4 Å². The molecule has 0 aliphatic carbocycles. The summed E-state index contributed by atoms with van der Waals surface area (Å²) in [5.74, 6) is -1.77.